The molecule has 1 heterocycles. The Bertz CT molecular complexity index is 390. The van der Waals surface area contributed by atoms with E-state index in [1.54, 1.807) is 12.1 Å². The van der Waals surface area contributed by atoms with Crippen LogP contribution in [0, 0.1) is 0 Å². The third kappa shape index (κ3) is 1.54. The van der Waals surface area contributed by atoms with Crippen LogP contribution in [0.5, 0.6) is 0 Å². The van der Waals surface area contributed by atoms with Gasteiger partial charge in [-0.25, -0.2) is 4.79 Å². The molecule has 1 N–H and O–H groups in total. The van der Waals surface area contributed by atoms with Gasteiger partial charge in [-0.15, -0.1) is 0 Å². The minimum Gasteiger partial charge on any atom is -0.426 e. The molecule has 1 atom stereocenters. The summed E-state index contributed by atoms with van der Waals surface area (Å²) in [6.07, 6.45) is 1.42. The lowest BCUT2D eigenvalue weighted by Crippen LogP contribution is -2.22. The Morgan fingerprint density at radius 1 is 1.29 bits per heavy atom. The molecule has 1 aromatic rings. The van der Waals surface area contributed by atoms with Crippen molar-refractivity contribution in [1.82, 2.24) is 0 Å². The first-order chi connectivity index (χ1) is 6.58. The molecule has 14 heavy (non-hydrogen) atoms. The van der Waals surface area contributed by atoms with Crippen molar-refractivity contribution < 1.29 is 14.6 Å². The summed E-state index contributed by atoms with van der Waals surface area (Å²) in [7, 11) is 0. The van der Waals surface area contributed by atoms with Crippen LogP contribution in [-0.2, 0) is 9.53 Å². The Labute approximate surface area is 81.6 Å². The Morgan fingerprint density at radius 2 is 1.93 bits per heavy atom. The molecule has 0 amide bonds. The maximum absolute atomic E-state index is 11.3. The molecular formula is C11H10O3. The SMILES string of the molecule is CC1(O)C=C(c2ccccc2)C(=O)O1. The number of hydrogen-bond donors (Lipinski definition) is 1. The van der Waals surface area contributed by atoms with Gasteiger partial charge in [0.1, 0.15) is 0 Å². The molecule has 3 nitrogen and oxygen atoms in total. The smallest absolute Gasteiger partial charge is 0.341 e. The molecule has 1 aliphatic heterocycles. The zero-order valence-corrected chi connectivity index (χ0v) is 7.73. The zero-order chi connectivity index (χ0) is 10.2. The number of aliphatic hydroxyl groups is 1. The molecule has 0 saturated heterocycles. The summed E-state index contributed by atoms with van der Waals surface area (Å²) in [6, 6.07) is 9.12. The molecule has 2 rings (SSSR count). The molecule has 1 aromatic carbocycles. The van der Waals surface area contributed by atoms with Crippen molar-refractivity contribution in [3.63, 3.8) is 0 Å². The van der Waals surface area contributed by atoms with E-state index in [2.05, 4.69) is 0 Å². The van der Waals surface area contributed by atoms with Gasteiger partial charge in [0.25, 0.3) is 0 Å². The second-order valence-corrected chi connectivity index (χ2v) is 3.37. The average Bonchev–Trinajstić information content (AvgIpc) is 2.41. The molecule has 0 fully saturated rings. The van der Waals surface area contributed by atoms with Crippen LogP contribution in [0.3, 0.4) is 0 Å². The van der Waals surface area contributed by atoms with Gasteiger partial charge < -0.3 is 9.84 Å². The van der Waals surface area contributed by atoms with Crippen molar-refractivity contribution in [2.45, 2.75) is 12.7 Å². The number of carbonyl (C=O) groups is 1. The van der Waals surface area contributed by atoms with E-state index < -0.39 is 11.8 Å². The summed E-state index contributed by atoms with van der Waals surface area (Å²) in [5, 5.41) is 9.48. The van der Waals surface area contributed by atoms with E-state index in [1.165, 1.54) is 13.0 Å². The molecular weight excluding hydrogens is 180 g/mol. The molecule has 0 saturated carbocycles. The number of cyclic esters (lactones) is 1. The van der Waals surface area contributed by atoms with Crippen LogP contribution in [0.25, 0.3) is 5.57 Å². The maximum Gasteiger partial charge on any atom is 0.341 e. The van der Waals surface area contributed by atoms with Crippen LogP contribution in [0.2, 0.25) is 0 Å². The lowest BCUT2D eigenvalue weighted by atomic mass is 10.1. The number of esters is 1. The highest BCUT2D eigenvalue weighted by Crippen LogP contribution is 2.28. The normalized spacial score (nSPS) is 25.9. The number of carbonyl (C=O) groups excluding carboxylic acids is 1. The Morgan fingerprint density at radius 3 is 2.43 bits per heavy atom. The Balaban J connectivity index is 2.42. The monoisotopic (exact) mass is 190 g/mol. The van der Waals surface area contributed by atoms with Gasteiger partial charge in [-0.05, 0) is 5.56 Å². The molecule has 0 spiro atoms. The predicted molar refractivity (Wildman–Crippen MR) is 51.1 cm³/mol. The average molecular weight is 190 g/mol. The summed E-state index contributed by atoms with van der Waals surface area (Å²) in [5.41, 5.74) is 1.17. The molecule has 3 heteroatoms. The van der Waals surface area contributed by atoms with Crippen molar-refractivity contribution in [2.24, 2.45) is 0 Å². The van der Waals surface area contributed by atoms with Crippen molar-refractivity contribution in [3.05, 3.63) is 42.0 Å². The Hall–Kier alpha value is -1.61. The van der Waals surface area contributed by atoms with E-state index in [1.807, 2.05) is 18.2 Å². The first-order valence-corrected chi connectivity index (χ1v) is 4.32. The first kappa shape index (κ1) is 8.97. The standard InChI is InChI=1S/C11H10O3/c1-11(13)7-9(10(12)14-11)8-5-3-2-4-6-8/h2-7,13H,1H3. The van der Waals surface area contributed by atoms with Gasteiger partial charge in [-0.3, -0.25) is 0 Å². The van der Waals surface area contributed by atoms with Gasteiger partial charge in [-0.1, -0.05) is 30.3 Å². The van der Waals surface area contributed by atoms with Gasteiger partial charge >= 0.3 is 5.97 Å². The van der Waals surface area contributed by atoms with Crippen LogP contribution in [-0.4, -0.2) is 16.9 Å². The fraction of sp³-hybridized carbons (Fsp3) is 0.182. The predicted octanol–water partition coefficient (Wildman–Crippen LogP) is 1.34. The zero-order valence-electron chi connectivity index (χ0n) is 7.73. The van der Waals surface area contributed by atoms with Crippen molar-refractivity contribution in [1.29, 1.82) is 0 Å². The lowest BCUT2D eigenvalue weighted by molar-refractivity contribution is -0.171. The highest BCUT2D eigenvalue weighted by Gasteiger charge is 2.34. The van der Waals surface area contributed by atoms with Crippen molar-refractivity contribution in [2.75, 3.05) is 0 Å². The minimum absolute atomic E-state index is 0.413. The summed E-state index contributed by atoms with van der Waals surface area (Å²) in [5.74, 6) is -1.95. The fourth-order valence-corrected chi connectivity index (χ4v) is 1.42. The van der Waals surface area contributed by atoms with Crippen LogP contribution in [0.15, 0.2) is 36.4 Å². The van der Waals surface area contributed by atoms with Crippen LogP contribution < -0.4 is 0 Å². The van der Waals surface area contributed by atoms with Gasteiger partial charge in [0, 0.05) is 13.0 Å². The lowest BCUT2D eigenvalue weighted by Gasteiger charge is -2.11. The summed E-state index contributed by atoms with van der Waals surface area (Å²) in [4.78, 5) is 11.3. The number of hydrogen-bond acceptors (Lipinski definition) is 3. The minimum atomic E-state index is -1.47. The van der Waals surface area contributed by atoms with Crippen LogP contribution >= 0.6 is 0 Å². The van der Waals surface area contributed by atoms with Gasteiger partial charge in [0.2, 0.25) is 5.79 Å². The highest BCUT2D eigenvalue weighted by molar-refractivity contribution is 6.18. The second-order valence-electron chi connectivity index (χ2n) is 3.37. The second kappa shape index (κ2) is 2.96. The number of benzene rings is 1. The largest absolute Gasteiger partial charge is 0.426 e. The van der Waals surface area contributed by atoms with Gasteiger partial charge in [0.15, 0.2) is 0 Å². The van der Waals surface area contributed by atoms with Crippen LogP contribution in [0.4, 0.5) is 0 Å². The third-order valence-electron chi connectivity index (χ3n) is 2.02. The Kier molecular flexibility index (Phi) is 1.89. The number of rotatable bonds is 1. The molecule has 0 radical (unpaired) electrons. The quantitative estimate of drug-likeness (QED) is 0.679. The van der Waals surface area contributed by atoms with E-state index in [-0.39, 0.29) is 0 Å². The molecule has 0 aromatic heterocycles. The highest BCUT2D eigenvalue weighted by atomic mass is 16.7. The van der Waals surface area contributed by atoms with Gasteiger partial charge in [-0.2, -0.15) is 0 Å². The maximum atomic E-state index is 11.3. The summed E-state index contributed by atoms with van der Waals surface area (Å²) < 4.78 is 4.74. The molecule has 72 valence electrons. The third-order valence-corrected chi connectivity index (χ3v) is 2.02. The molecule has 0 bridgehead atoms. The fourth-order valence-electron chi connectivity index (χ4n) is 1.42. The van der Waals surface area contributed by atoms with E-state index in [9.17, 15) is 9.90 Å². The summed E-state index contributed by atoms with van der Waals surface area (Å²) >= 11 is 0. The van der Waals surface area contributed by atoms with E-state index >= 15 is 0 Å². The van der Waals surface area contributed by atoms with Crippen molar-refractivity contribution >= 4 is 11.5 Å². The topological polar surface area (TPSA) is 46.5 Å². The van der Waals surface area contributed by atoms with Crippen LogP contribution in [0.1, 0.15) is 12.5 Å². The summed E-state index contributed by atoms with van der Waals surface area (Å²) in [6.45, 7) is 1.43. The molecule has 1 aliphatic rings. The van der Waals surface area contributed by atoms with E-state index in [0.717, 1.165) is 5.56 Å². The number of ether oxygens (including phenoxy) is 1. The van der Waals surface area contributed by atoms with E-state index in [0.29, 0.717) is 5.57 Å². The van der Waals surface area contributed by atoms with E-state index in [4.69, 9.17) is 4.74 Å². The molecule has 1 unspecified atom stereocenters. The van der Waals surface area contributed by atoms with Gasteiger partial charge in [0.05, 0.1) is 5.57 Å². The first-order valence-electron chi connectivity index (χ1n) is 4.32. The van der Waals surface area contributed by atoms with Crippen molar-refractivity contribution in [3.8, 4) is 0 Å². The molecule has 0 aliphatic carbocycles.